The van der Waals surface area contributed by atoms with Crippen molar-refractivity contribution in [2.75, 3.05) is 26.6 Å². The van der Waals surface area contributed by atoms with Crippen LogP contribution in [-0.4, -0.2) is 74.2 Å². The molecule has 0 aromatic carbocycles. The SMILES string of the molecule is C[C@H]1[C@@H](OCO)O[C@H](C2COC(C)(C)O2)[C@@H]1OC(=O)C1(C)COC(=O)OC1. The third-order valence-corrected chi connectivity index (χ3v) is 4.95. The summed E-state index contributed by atoms with van der Waals surface area (Å²) in [5, 5.41) is 9.09. The summed E-state index contributed by atoms with van der Waals surface area (Å²) in [4.78, 5) is 23.9. The van der Waals surface area contributed by atoms with Crippen LogP contribution in [0.3, 0.4) is 0 Å². The standard InChI is InChI=1S/C17H26O10/c1-9-11(26-14(19)17(4)6-21-15(20)22-7-17)12(25-13(9)23-8-18)10-5-24-16(2,3)27-10/h9-13,18H,5-8H2,1-4H3/t9-,10?,11-,12-,13+/m1/s1. The number of aliphatic hydroxyl groups is 1. The van der Waals surface area contributed by atoms with Gasteiger partial charge in [0, 0.05) is 5.92 Å². The molecule has 3 saturated heterocycles. The molecule has 0 aromatic heterocycles. The number of aliphatic hydroxyl groups excluding tert-OH is 1. The lowest BCUT2D eigenvalue weighted by Crippen LogP contribution is -2.48. The summed E-state index contributed by atoms with van der Waals surface area (Å²) in [6.07, 6.45) is -3.39. The van der Waals surface area contributed by atoms with Gasteiger partial charge in [0.25, 0.3) is 0 Å². The second-order valence-electron chi connectivity index (χ2n) is 7.75. The predicted octanol–water partition coefficient (Wildman–Crippen LogP) is 0.550. The van der Waals surface area contributed by atoms with E-state index < -0.39 is 54.7 Å². The van der Waals surface area contributed by atoms with E-state index >= 15 is 0 Å². The molecule has 3 aliphatic heterocycles. The molecule has 0 saturated carbocycles. The zero-order valence-electron chi connectivity index (χ0n) is 15.8. The number of esters is 1. The molecule has 0 aromatic rings. The lowest BCUT2D eigenvalue weighted by molar-refractivity contribution is -0.208. The fourth-order valence-electron chi connectivity index (χ4n) is 3.33. The Hall–Kier alpha value is -1.46. The Morgan fingerprint density at radius 1 is 1.26 bits per heavy atom. The van der Waals surface area contributed by atoms with E-state index in [9.17, 15) is 9.59 Å². The summed E-state index contributed by atoms with van der Waals surface area (Å²) < 4.78 is 37.9. The Balaban J connectivity index is 1.73. The van der Waals surface area contributed by atoms with E-state index in [-0.39, 0.29) is 25.7 Å². The van der Waals surface area contributed by atoms with Crippen LogP contribution in [0.25, 0.3) is 0 Å². The van der Waals surface area contributed by atoms with Crippen molar-refractivity contribution in [2.24, 2.45) is 11.3 Å². The Kier molecular flexibility index (Phi) is 5.64. The lowest BCUT2D eigenvalue weighted by atomic mass is 9.91. The van der Waals surface area contributed by atoms with Crippen LogP contribution in [0.4, 0.5) is 4.79 Å². The van der Waals surface area contributed by atoms with Crippen molar-refractivity contribution < 1.29 is 47.9 Å². The highest BCUT2D eigenvalue weighted by atomic mass is 16.8. The van der Waals surface area contributed by atoms with E-state index in [1.807, 2.05) is 0 Å². The molecule has 10 heteroatoms. The molecule has 10 nitrogen and oxygen atoms in total. The van der Waals surface area contributed by atoms with Crippen molar-refractivity contribution in [3.63, 3.8) is 0 Å². The highest BCUT2D eigenvalue weighted by molar-refractivity contribution is 5.78. The highest BCUT2D eigenvalue weighted by Gasteiger charge is 2.54. The molecular weight excluding hydrogens is 364 g/mol. The Bertz CT molecular complexity index is 566. The summed E-state index contributed by atoms with van der Waals surface area (Å²) >= 11 is 0. The third kappa shape index (κ3) is 4.19. The van der Waals surface area contributed by atoms with E-state index in [1.54, 1.807) is 27.7 Å². The first-order chi connectivity index (χ1) is 12.6. The Morgan fingerprint density at radius 3 is 2.48 bits per heavy atom. The van der Waals surface area contributed by atoms with Crippen molar-refractivity contribution in [3.05, 3.63) is 0 Å². The number of cyclic esters (lactones) is 2. The highest BCUT2D eigenvalue weighted by Crippen LogP contribution is 2.38. The van der Waals surface area contributed by atoms with Crippen LogP contribution in [0.2, 0.25) is 0 Å². The molecule has 3 fully saturated rings. The van der Waals surface area contributed by atoms with E-state index in [2.05, 4.69) is 0 Å². The molecule has 27 heavy (non-hydrogen) atoms. The number of carbonyl (C=O) groups excluding carboxylic acids is 2. The fourth-order valence-corrected chi connectivity index (χ4v) is 3.33. The van der Waals surface area contributed by atoms with Crippen LogP contribution in [0.1, 0.15) is 27.7 Å². The predicted molar refractivity (Wildman–Crippen MR) is 86.2 cm³/mol. The maximum absolute atomic E-state index is 12.8. The summed E-state index contributed by atoms with van der Waals surface area (Å²) in [7, 11) is 0. The molecule has 1 unspecified atom stereocenters. The quantitative estimate of drug-likeness (QED) is 0.526. The molecular formula is C17H26O10. The topological polar surface area (TPSA) is 119 Å². The first-order valence-corrected chi connectivity index (χ1v) is 8.85. The molecule has 0 radical (unpaired) electrons. The summed E-state index contributed by atoms with van der Waals surface area (Å²) in [5.74, 6) is -1.73. The summed E-state index contributed by atoms with van der Waals surface area (Å²) in [6.45, 7) is 6.41. The number of rotatable bonds is 5. The normalized spacial score (nSPS) is 37.5. The Morgan fingerprint density at radius 2 is 1.93 bits per heavy atom. The van der Waals surface area contributed by atoms with Crippen LogP contribution in [0.15, 0.2) is 0 Å². The fraction of sp³-hybridized carbons (Fsp3) is 0.882. The second kappa shape index (κ2) is 7.51. The van der Waals surface area contributed by atoms with Gasteiger partial charge in [-0.05, 0) is 20.8 Å². The van der Waals surface area contributed by atoms with Crippen LogP contribution in [0.5, 0.6) is 0 Å². The molecule has 0 spiro atoms. The zero-order valence-corrected chi connectivity index (χ0v) is 15.8. The van der Waals surface area contributed by atoms with Gasteiger partial charge in [0.15, 0.2) is 12.1 Å². The number of carbonyl (C=O) groups is 2. The molecule has 0 amide bonds. The minimum absolute atomic E-state index is 0.135. The first-order valence-electron chi connectivity index (χ1n) is 8.85. The van der Waals surface area contributed by atoms with Gasteiger partial charge in [-0.1, -0.05) is 6.92 Å². The molecule has 154 valence electrons. The first kappa shape index (κ1) is 20.3. The van der Waals surface area contributed by atoms with Crippen molar-refractivity contribution in [3.8, 4) is 0 Å². The van der Waals surface area contributed by atoms with Gasteiger partial charge in [-0.3, -0.25) is 4.79 Å². The van der Waals surface area contributed by atoms with E-state index in [0.717, 1.165) is 0 Å². The van der Waals surface area contributed by atoms with Gasteiger partial charge < -0.3 is 38.3 Å². The number of ether oxygens (including phenoxy) is 7. The molecule has 5 atom stereocenters. The zero-order chi connectivity index (χ0) is 19.8. The van der Waals surface area contributed by atoms with Gasteiger partial charge in [0.05, 0.1) is 6.61 Å². The van der Waals surface area contributed by atoms with Crippen LogP contribution in [-0.2, 0) is 38.0 Å². The van der Waals surface area contributed by atoms with Crippen molar-refractivity contribution in [2.45, 2.75) is 58.1 Å². The average Bonchev–Trinajstić information content (AvgIpc) is 3.12. The van der Waals surface area contributed by atoms with Crippen molar-refractivity contribution in [1.29, 1.82) is 0 Å². The largest absolute Gasteiger partial charge is 0.508 e. The van der Waals surface area contributed by atoms with Gasteiger partial charge in [-0.25, -0.2) is 4.79 Å². The molecule has 3 rings (SSSR count). The van der Waals surface area contributed by atoms with Gasteiger partial charge in [0.1, 0.15) is 43.7 Å². The van der Waals surface area contributed by atoms with E-state index in [1.165, 1.54) is 0 Å². The second-order valence-corrected chi connectivity index (χ2v) is 7.75. The van der Waals surface area contributed by atoms with Gasteiger partial charge in [-0.2, -0.15) is 0 Å². The van der Waals surface area contributed by atoms with E-state index in [0.29, 0.717) is 0 Å². The number of hydrogen-bond acceptors (Lipinski definition) is 10. The van der Waals surface area contributed by atoms with Crippen molar-refractivity contribution >= 4 is 12.1 Å². The lowest BCUT2D eigenvalue weighted by Gasteiger charge is -2.33. The van der Waals surface area contributed by atoms with Crippen LogP contribution >= 0.6 is 0 Å². The minimum Gasteiger partial charge on any atom is -0.458 e. The third-order valence-electron chi connectivity index (χ3n) is 4.95. The van der Waals surface area contributed by atoms with E-state index in [4.69, 9.17) is 38.3 Å². The monoisotopic (exact) mass is 390 g/mol. The van der Waals surface area contributed by atoms with Gasteiger partial charge >= 0.3 is 12.1 Å². The maximum atomic E-state index is 12.8. The van der Waals surface area contributed by atoms with Crippen molar-refractivity contribution in [1.82, 2.24) is 0 Å². The summed E-state index contributed by atoms with van der Waals surface area (Å²) in [5.41, 5.74) is -1.12. The Labute approximate surface area is 156 Å². The molecule has 1 N–H and O–H groups in total. The molecule has 0 aliphatic carbocycles. The minimum atomic E-state index is -1.12. The molecule has 3 heterocycles. The molecule has 0 bridgehead atoms. The number of hydrogen-bond donors (Lipinski definition) is 1. The smallest absolute Gasteiger partial charge is 0.458 e. The van der Waals surface area contributed by atoms with Gasteiger partial charge in [-0.15, -0.1) is 0 Å². The van der Waals surface area contributed by atoms with Crippen LogP contribution < -0.4 is 0 Å². The maximum Gasteiger partial charge on any atom is 0.508 e. The van der Waals surface area contributed by atoms with Crippen LogP contribution in [0, 0.1) is 11.3 Å². The average molecular weight is 390 g/mol. The summed E-state index contributed by atoms with van der Waals surface area (Å²) in [6, 6.07) is 0. The van der Waals surface area contributed by atoms with Gasteiger partial charge in [0.2, 0.25) is 0 Å². The molecule has 3 aliphatic rings.